The molecule has 0 amide bonds. The van der Waals surface area contributed by atoms with Gasteiger partial charge in [-0.1, -0.05) is 0 Å². The molecule has 0 bridgehead atoms. The van der Waals surface area contributed by atoms with Gasteiger partial charge in [-0.2, -0.15) is 10.2 Å². The third-order valence-electron chi connectivity index (χ3n) is 1.35. The number of thiocarbonyl (C=S) groups is 2. The van der Waals surface area contributed by atoms with Gasteiger partial charge in [-0.05, 0) is 24.4 Å². The summed E-state index contributed by atoms with van der Waals surface area (Å²) in [4.78, 5) is 0. The first-order chi connectivity index (χ1) is 7.95. The molecule has 0 spiro atoms. The summed E-state index contributed by atoms with van der Waals surface area (Å²) >= 11 is 9.09. The fourth-order valence-electron chi connectivity index (χ4n) is 0.730. The van der Waals surface area contributed by atoms with E-state index in [0.717, 1.165) is 0 Å². The first-order valence-corrected chi connectivity index (χ1v) is 5.26. The summed E-state index contributed by atoms with van der Waals surface area (Å²) in [6.07, 6.45) is 0.371. The maximum atomic E-state index is 9.25. The van der Waals surface area contributed by atoms with E-state index in [-0.39, 0.29) is 16.6 Å². The maximum Gasteiger partial charge on any atom is 0.184 e. The van der Waals surface area contributed by atoms with Gasteiger partial charge in [-0.25, -0.2) is 0 Å². The molecule has 10 heteroatoms. The summed E-state index contributed by atoms with van der Waals surface area (Å²) in [5.41, 5.74) is 15.3. The topological polar surface area (TPSA) is 141 Å². The lowest BCUT2D eigenvalue weighted by molar-refractivity contribution is 0.101. The van der Waals surface area contributed by atoms with Crippen molar-refractivity contribution in [2.24, 2.45) is 21.7 Å². The van der Waals surface area contributed by atoms with Crippen LogP contribution >= 0.6 is 24.4 Å². The van der Waals surface area contributed by atoms with Gasteiger partial charge in [0.05, 0.1) is 24.6 Å². The van der Waals surface area contributed by atoms with Gasteiger partial charge in [0.25, 0.3) is 0 Å². The Morgan fingerprint density at radius 3 is 2.35 bits per heavy atom. The highest BCUT2D eigenvalue weighted by Crippen LogP contribution is 1.92. The van der Waals surface area contributed by atoms with Crippen LogP contribution in [0.4, 0.5) is 0 Å². The van der Waals surface area contributed by atoms with Crippen LogP contribution < -0.4 is 22.3 Å². The van der Waals surface area contributed by atoms with E-state index in [1.54, 1.807) is 0 Å². The Balaban J connectivity index is 4.49. The largest absolute Gasteiger partial charge is 0.394 e. The van der Waals surface area contributed by atoms with Crippen molar-refractivity contribution in [3.05, 3.63) is 0 Å². The Kier molecular flexibility index (Phi) is 8.05. The van der Waals surface area contributed by atoms with Gasteiger partial charge in [-0.3, -0.25) is 10.9 Å². The molecule has 0 heterocycles. The molecule has 8 nitrogen and oxygen atoms in total. The fourth-order valence-corrected chi connectivity index (χ4v) is 0.829. The van der Waals surface area contributed by atoms with Crippen LogP contribution in [0.25, 0.3) is 0 Å². The summed E-state index contributed by atoms with van der Waals surface area (Å²) in [5, 5.41) is 25.3. The van der Waals surface area contributed by atoms with Crippen molar-refractivity contribution in [1.29, 1.82) is 0 Å². The lowest BCUT2D eigenvalue weighted by Gasteiger charge is -2.06. The van der Waals surface area contributed by atoms with Gasteiger partial charge in [0.1, 0.15) is 0 Å². The lowest BCUT2D eigenvalue weighted by atomic mass is 10.2. The van der Waals surface area contributed by atoms with Gasteiger partial charge in [-0.15, -0.1) is 0 Å². The summed E-state index contributed by atoms with van der Waals surface area (Å²) in [5.74, 6) is 0. The second-order valence-electron chi connectivity index (χ2n) is 2.85. The number of nitrogens with zero attached hydrogens (tertiary/aromatic N) is 2. The first kappa shape index (κ1) is 15.6. The van der Waals surface area contributed by atoms with Crippen LogP contribution in [-0.2, 0) is 0 Å². The van der Waals surface area contributed by atoms with E-state index in [2.05, 4.69) is 45.5 Å². The van der Waals surface area contributed by atoms with Crippen molar-refractivity contribution in [2.75, 3.05) is 6.61 Å². The van der Waals surface area contributed by atoms with Crippen LogP contribution in [0.15, 0.2) is 10.2 Å². The quantitative estimate of drug-likeness (QED) is 0.182. The summed E-state index contributed by atoms with van der Waals surface area (Å²) in [6.45, 7) is -0.400. The number of hydrogen-bond donors (Lipinski definition) is 6. The zero-order valence-electron chi connectivity index (χ0n) is 8.83. The Morgan fingerprint density at radius 2 is 1.88 bits per heavy atom. The van der Waals surface area contributed by atoms with Gasteiger partial charge in [0.15, 0.2) is 10.2 Å². The minimum absolute atomic E-state index is 0.00869. The molecule has 0 aromatic heterocycles. The highest BCUT2D eigenvalue weighted by molar-refractivity contribution is 7.80. The van der Waals surface area contributed by atoms with Gasteiger partial charge in [0, 0.05) is 6.42 Å². The van der Waals surface area contributed by atoms with Crippen LogP contribution in [0.3, 0.4) is 0 Å². The molecule has 1 atom stereocenters. The third-order valence-corrected chi connectivity index (χ3v) is 1.54. The number of rotatable bonds is 6. The van der Waals surface area contributed by atoms with Crippen LogP contribution in [0.5, 0.6) is 0 Å². The molecule has 8 N–H and O–H groups in total. The second kappa shape index (κ2) is 8.75. The third kappa shape index (κ3) is 9.56. The molecular weight excluding hydrogens is 264 g/mol. The number of hydrazone groups is 2. The van der Waals surface area contributed by atoms with Crippen molar-refractivity contribution in [2.45, 2.75) is 12.5 Å². The Morgan fingerprint density at radius 1 is 1.29 bits per heavy atom. The number of aliphatic hydroxyl groups excluding tert-OH is 2. The first-order valence-electron chi connectivity index (χ1n) is 4.45. The Hall–Kier alpha value is -1.36. The van der Waals surface area contributed by atoms with E-state index in [1.807, 2.05) is 0 Å². The van der Waals surface area contributed by atoms with E-state index >= 15 is 0 Å². The Labute approximate surface area is 109 Å². The van der Waals surface area contributed by atoms with E-state index in [9.17, 15) is 5.11 Å². The molecule has 1 unspecified atom stereocenters. The van der Waals surface area contributed by atoms with Gasteiger partial charge < -0.3 is 21.7 Å². The predicted octanol–water partition coefficient (Wildman–Crippen LogP) is -2.26. The average molecular weight is 278 g/mol. The molecule has 0 saturated heterocycles. The van der Waals surface area contributed by atoms with Crippen molar-refractivity contribution >= 4 is 46.6 Å². The SMILES string of the molecule is NC(=S)N/N=C(\C=N\NC(N)=S)CC(O)CO. The van der Waals surface area contributed by atoms with Crippen LogP contribution in [0.2, 0.25) is 0 Å². The van der Waals surface area contributed by atoms with Crippen molar-refractivity contribution in [3.63, 3.8) is 0 Å². The number of nitrogens with two attached hydrogens (primary N) is 2. The van der Waals surface area contributed by atoms with Crippen molar-refractivity contribution < 1.29 is 10.2 Å². The summed E-state index contributed by atoms with van der Waals surface area (Å²) in [6, 6.07) is 0. The molecule has 0 aliphatic rings. The minimum Gasteiger partial charge on any atom is -0.394 e. The average Bonchev–Trinajstić information content (AvgIpc) is 2.24. The summed E-state index contributed by atoms with van der Waals surface area (Å²) in [7, 11) is 0. The van der Waals surface area contributed by atoms with E-state index in [4.69, 9.17) is 16.6 Å². The minimum atomic E-state index is -0.960. The van der Waals surface area contributed by atoms with Gasteiger partial charge >= 0.3 is 0 Å². The predicted molar refractivity (Wildman–Crippen MR) is 73.5 cm³/mol. The number of hydrogen-bond acceptors (Lipinski definition) is 6. The smallest absolute Gasteiger partial charge is 0.184 e. The van der Waals surface area contributed by atoms with E-state index < -0.39 is 12.7 Å². The normalized spacial score (nSPS) is 13.4. The fraction of sp³-hybridized carbons (Fsp3) is 0.429. The zero-order chi connectivity index (χ0) is 13.3. The van der Waals surface area contributed by atoms with Crippen LogP contribution in [0.1, 0.15) is 6.42 Å². The zero-order valence-corrected chi connectivity index (χ0v) is 10.5. The van der Waals surface area contributed by atoms with Crippen LogP contribution in [0, 0.1) is 0 Å². The maximum absolute atomic E-state index is 9.25. The van der Waals surface area contributed by atoms with Crippen molar-refractivity contribution in [3.8, 4) is 0 Å². The van der Waals surface area contributed by atoms with Crippen LogP contribution in [-0.4, -0.2) is 45.1 Å². The molecule has 0 saturated carbocycles. The molecule has 0 aromatic rings. The standard InChI is InChI=1S/C7H14N6O2S2/c8-6(16)12-10-2-4(1-5(15)3-14)11-13-7(9)17/h2,5,14-15H,1,3H2,(H3,8,12,16)(H3,9,13,17)/b10-2+,11-4-. The second-order valence-corrected chi connectivity index (χ2v) is 3.73. The molecule has 0 fully saturated rings. The molecule has 0 aliphatic carbocycles. The molecule has 0 aliphatic heterocycles. The number of aliphatic hydroxyl groups is 2. The number of nitrogens with one attached hydrogen (secondary N) is 2. The molecule has 17 heavy (non-hydrogen) atoms. The highest BCUT2D eigenvalue weighted by Gasteiger charge is 2.06. The monoisotopic (exact) mass is 278 g/mol. The van der Waals surface area contributed by atoms with Gasteiger partial charge in [0.2, 0.25) is 0 Å². The van der Waals surface area contributed by atoms with Crippen molar-refractivity contribution in [1.82, 2.24) is 10.9 Å². The lowest BCUT2D eigenvalue weighted by Crippen LogP contribution is -2.28. The Bertz CT molecular complexity index is 332. The van der Waals surface area contributed by atoms with E-state index in [0.29, 0.717) is 5.71 Å². The highest BCUT2D eigenvalue weighted by atomic mass is 32.1. The molecule has 0 rings (SSSR count). The molecule has 0 radical (unpaired) electrons. The molecule has 96 valence electrons. The summed E-state index contributed by atoms with van der Waals surface area (Å²) < 4.78 is 0. The molecular formula is C7H14N6O2S2. The molecule has 0 aromatic carbocycles. The van der Waals surface area contributed by atoms with E-state index in [1.165, 1.54) is 6.21 Å².